The summed E-state index contributed by atoms with van der Waals surface area (Å²) in [7, 11) is 0. The Morgan fingerprint density at radius 2 is 2.00 bits per heavy atom. The van der Waals surface area contributed by atoms with Crippen molar-refractivity contribution in [2.24, 2.45) is 5.92 Å². The number of nitrogens with one attached hydrogen (secondary N) is 1. The van der Waals surface area contributed by atoms with E-state index in [0.29, 0.717) is 0 Å². The first kappa shape index (κ1) is 15.0. The zero-order valence-corrected chi connectivity index (χ0v) is 12.4. The van der Waals surface area contributed by atoms with E-state index in [-0.39, 0.29) is 23.2 Å². The van der Waals surface area contributed by atoms with Gasteiger partial charge in [-0.3, -0.25) is 9.69 Å². The van der Waals surface area contributed by atoms with Crippen LogP contribution in [-0.2, 0) is 11.3 Å². The molecular formula is C16H23FN2O. The SMILES string of the molecule is CC(C)(C)NC(=O)C1CCN(Cc2ccc(F)cc2)C1. The van der Waals surface area contributed by atoms with Gasteiger partial charge in [-0.2, -0.15) is 0 Å². The van der Waals surface area contributed by atoms with Gasteiger partial charge in [0.2, 0.25) is 5.91 Å². The Balaban J connectivity index is 1.86. The van der Waals surface area contributed by atoms with Gasteiger partial charge in [0.05, 0.1) is 5.92 Å². The Kier molecular flexibility index (Phi) is 4.43. The second-order valence-corrected chi connectivity index (χ2v) is 6.59. The Morgan fingerprint density at radius 1 is 1.35 bits per heavy atom. The third-order valence-electron chi connectivity index (χ3n) is 3.46. The van der Waals surface area contributed by atoms with Crippen molar-refractivity contribution in [1.29, 1.82) is 0 Å². The van der Waals surface area contributed by atoms with Crippen LogP contribution in [0, 0.1) is 11.7 Å². The fourth-order valence-corrected chi connectivity index (χ4v) is 2.51. The molecule has 1 aliphatic rings. The van der Waals surface area contributed by atoms with Crippen molar-refractivity contribution in [2.45, 2.75) is 39.3 Å². The van der Waals surface area contributed by atoms with Crippen molar-refractivity contribution in [3.63, 3.8) is 0 Å². The number of benzene rings is 1. The van der Waals surface area contributed by atoms with Gasteiger partial charge in [0.1, 0.15) is 5.82 Å². The summed E-state index contributed by atoms with van der Waals surface area (Å²) in [6, 6.07) is 6.57. The van der Waals surface area contributed by atoms with Gasteiger partial charge in [-0.25, -0.2) is 4.39 Å². The van der Waals surface area contributed by atoms with Gasteiger partial charge in [-0.15, -0.1) is 0 Å². The molecule has 1 aromatic rings. The molecule has 0 aromatic heterocycles. The molecule has 1 N–H and O–H groups in total. The predicted octanol–water partition coefficient (Wildman–Crippen LogP) is 2.56. The summed E-state index contributed by atoms with van der Waals surface area (Å²) in [5.74, 6) is -0.00798. The van der Waals surface area contributed by atoms with Gasteiger partial charge in [-0.1, -0.05) is 12.1 Å². The molecule has 0 radical (unpaired) electrons. The Bertz CT molecular complexity index is 464. The molecular weight excluding hydrogens is 255 g/mol. The van der Waals surface area contributed by atoms with Gasteiger partial charge < -0.3 is 5.32 Å². The molecule has 0 aliphatic carbocycles. The average molecular weight is 278 g/mol. The van der Waals surface area contributed by atoms with E-state index in [1.165, 1.54) is 12.1 Å². The summed E-state index contributed by atoms with van der Waals surface area (Å²) in [5, 5.41) is 3.04. The lowest BCUT2D eigenvalue weighted by Crippen LogP contribution is -2.44. The van der Waals surface area contributed by atoms with Crippen molar-refractivity contribution in [1.82, 2.24) is 10.2 Å². The summed E-state index contributed by atoms with van der Waals surface area (Å²) < 4.78 is 12.9. The molecule has 1 amide bonds. The van der Waals surface area contributed by atoms with Gasteiger partial charge in [-0.05, 0) is 51.4 Å². The third kappa shape index (κ3) is 4.30. The smallest absolute Gasteiger partial charge is 0.224 e. The first-order chi connectivity index (χ1) is 9.33. The number of halogens is 1. The van der Waals surface area contributed by atoms with Crippen LogP contribution in [0.2, 0.25) is 0 Å². The number of carbonyl (C=O) groups excluding carboxylic acids is 1. The van der Waals surface area contributed by atoms with Crippen LogP contribution in [0.25, 0.3) is 0 Å². The second kappa shape index (κ2) is 5.92. The molecule has 0 saturated carbocycles. The maximum atomic E-state index is 12.9. The highest BCUT2D eigenvalue weighted by Gasteiger charge is 2.29. The minimum Gasteiger partial charge on any atom is -0.351 e. The van der Waals surface area contributed by atoms with Gasteiger partial charge in [0.15, 0.2) is 0 Å². The van der Waals surface area contributed by atoms with E-state index < -0.39 is 0 Å². The standard InChI is InChI=1S/C16H23FN2O/c1-16(2,3)18-15(20)13-8-9-19(11-13)10-12-4-6-14(17)7-5-12/h4-7,13H,8-11H2,1-3H3,(H,18,20). The molecule has 1 aromatic carbocycles. The molecule has 110 valence electrons. The summed E-state index contributed by atoms with van der Waals surface area (Å²) in [6.45, 7) is 8.46. The fourth-order valence-electron chi connectivity index (χ4n) is 2.51. The third-order valence-corrected chi connectivity index (χ3v) is 3.46. The zero-order valence-electron chi connectivity index (χ0n) is 12.4. The molecule has 1 fully saturated rings. The van der Waals surface area contributed by atoms with Crippen LogP contribution < -0.4 is 5.32 Å². The predicted molar refractivity (Wildman–Crippen MR) is 77.7 cm³/mol. The van der Waals surface area contributed by atoms with Crippen molar-refractivity contribution in [2.75, 3.05) is 13.1 Å². The van der Waals surface area contributed by atoms with Crippen molar-refractivity contribution in [3.8, 4) is 0 Å². The highest BCUT2D eigenvalue weighted by Crippen LogP contribution is 2.20. The van der Waals surface area contributed by atoms with Crippen LogP contribution in [-0.4, -0.2) is 29.4 Å². The van der Waals surface area contributed by atoms with E-state index in [1.807, 2.05) is 20.8 Å². The fraction of sp³-hybridized carbons (Fsp3) is 0.562. The van der Waals surface area contributed by atoms with Gasteiger partial charge in [0, 0.05) is 18.6 Å². The maximum Gasteiger partial charge on any atom is 0.224 e. The van der Waals surface area contributed by atoms with E-state index in [9.17, 15) is 9.18 Å². The molecule has 1 atom stereocenters. The summed E-state index contributed by atoms with van der Waals surface area (Å²) in [5.41, 5.74) is 0.907. The lowest BCUT2D eigenvalue weighted by Gasteiger charge is -2.23. The highest BCUT2D eigenvalue weighted by molar-refractivity contribution is 5.79. The average Bonchev–Trinajstić information content (AvgIpc) is 2.79. The number of carbonyl (C=O) groups is 1. The van der Waals surface area contributed by atoms with Crippen LogP contribution in [0.15, 0.2) is 24.3 Å². The van der Waals surface area contributed by atoms with Crippen LogP contribution in [0.3, 0.4) is 0 Å². The molecule has 1 saturated heterocycles. The quantitative estimate of drug-likeness (QED) is 0.921. The molecule has 2 rings (SSSR count). The zero-order chi connectivity index (χ0) is 14.8. The van der Waals surface area contributed by atoms with Crippen LogP contribution in [0.4, 0.5) is 4.39 Å². The summed E-state index contributed by atoms with van der Waals surface area (Å²) in [4.78, 5) is 14.4. The van der Waals surface area contributed by atoms with Gasteiger partial charge >= 0.3 is 0 Å². The summed E-state index contributed by atoms with van der Waals surface area (Å²) in [6.07, 6.45) is 0.892. The lowest BCUT2D eigenvalue weighted by atomic mass is 10.0. The van der Waals surface area contributed by atoms with E-state index in [1.54, 1.807) is 12.1 Å². The molecule has 4 heteroatoms. The minimum absolute atomic E-state index is 0.0645. The van der Waals surface area contributed by atoms with Crippen molar-refractivity contribution >= 4 is 5.91 Å². The van der Waals surface area contributed by atoms with Crippen LogP contribution >= 0.6 is 0 Å². The largest absolute Gasteiger partial charge is 0.351 e. The first-order valence-corrected chi connectivity index (χ1v) is 7.12. The molecule has 0 spiro atoms. The van der Waals surface area contributed by atoms with Crippen molar-refractivity contribution < 1.29 is 9.18 Å². The topological polar surface area (TPSA) is 32.3 Å². The van der Waals surface area contributed by atoms with Gasteiger partial charge in [0.25, 0.3) is 0 Å². The Labute approximate surface area is 120 Å². The van der Waals surface area contributed by atoms with E-state index >= 15 is 0 Å². The van der Waals surface area contributed by atoms with Crippen molar-refractivity contribution in [3.05, 3.63) is 35.6 Å². The lowest BCUT2D eigenvalue weighted by molar-refractivity contribution is -0.126. The van der Waals surface area contributed by atoms with E-state index in [0.717, 1.165) is 31.6 Å². The molecule has 1 aliphatic heterocycles. The normalized spacial score (nSPS) is 20.1. The summed E-state index contributed by atoms with van der Waals surface area (Å²) >= 11 is 0. The second-order valence-electron chi connectivity index (χ2n) is 6.59. The van der Waals surface area contributed by atoms with E-state index in [4.69, 9.17) is 0 Å². The number of likely N-dealkylation sites (tertiary alicyclic amines) is 1. The number of rotatable bonds is 3. The number of nitrogens with zero attached hydrogens (tertiary/aromatic N) is 1. The Morgan fingerprint density at radius 3 is 2.60 bits per heavy atom. The molecule has 1 unspecified atom stereocenters. The molecule has 3 nitrogen and oxygen atoms in total. The minimum atomic E-state index is -0.211. The molecule has 1 heterocycles. The number of hydrogen-bond acceptors (Lipinski definition) is 2. The maximum absolute atomic E-state index is 12.9. The molecule has 0 bridgehead atoms. The van der Waals surface area contributed by atoms with E-state index in [2.05, 4.69) is 10.2 Å². The number of amides is 1. The van der Waals surface area contributed by atoms with Crippen LogP contribution in [0.1, 0.15) is 32.8 Å². The Hall–Kier alpha value is -1.42. The molecule has 20 heavy (non-hydrogen) atoms. The highest BCUT2D eigenvalue weighted by atomic mass is 19.1. The first-order valence-electron chi connectivity index (χ1n) is 7.12. The monoisotopic (exact) mass is 278 g/mol. The number of hydrogen-bond donors (Lipinski definition) is 1. The van der Waals surface area contributed by atoms with Crippen LogP contribution in [0.5, 0.6) is 0 Å².